The number of anilines is 2. The Bertz CT molecular complexity index is 1360. The van der Waals surface area contributed by atoms with E-state index in [1.165, 1.54) is 23.1 Å². The maximum Gasteiger partial charge on any atom is 0.272 e. The number of amides is 3. The van der Waals surface area contributed by atoms with Crippen molar-refractivity contribution < 1.29 is 14.4 Å². The highest BCUT2D eigenvalue weighted by molar-refractivity contribution is 8.00. The van der Waals surface area contributed by atoms with Gasteiger partial charge >= 0.3 is 0 Å². The van der Waals surface area contributed by atoms with Crippen LogP contribution in [-0.4, -0.2) is 28.5 Å². The first-order valence-electron chi connectivity index (χ1n) is 10.9. The molecule has 4 aromatic rings. The van der Waals surface area contributed by atoms with E-state index in [0.717, 1.165) is 9.77 Å². The van der Waals surface area contributed by atoms with Crippen LogP contribution in [0.1, 0.15) is 15.2 Å². The summed E-state index contributed by atoms with van der Waals surface area (Å²) in [6, 6.07) is 23.1. The van der Waals surface area contributed by atoms with Crippen molar-refractivity contribution in [3.8, 4) is 0 Å². The topological polar surface area (TPSA) is 100 Å². The summed E-state index contributed by atoms with van der Waals surface area (Å²) in [4.78, 5) is 43.6. The van der Waals surface area contributed by atoms with E-state index in [-0.39, 0.29) is 23.3 Å². The third-order valence-electron chi connectivity index (χ3n) is 4.78. The Hall–Kier alpha value is -4.21. The molecular formula is C27H22N4O3S2. The Morgan fingerprint density at radius 3 is 2.42 bits per heavy atom. The van der Waals surface area contributed by atoms with Crippen LogP contribution >= 0.6 is 23.1 Å². The molecule has 0 aliphatic heterocycles. The van der Waals surface area contributed by atoms with Crippen molar-refractivity contribution in [2.75, 3.05) is 16.4 Å². The first-order chi connectivity index (χ1) is 17.6. The van der Waals surface area contributed by atoms with Crippen LogP contribution in [0.5, 0.6) is 0 Å². The Balaban J connectivity index is 1.41. The average Bonchev–Trinajstić information content (AvgIpc) is 3.42. The van der Waals surface area contributed by atoms with Crippen LogP contribution in [0, 0.1) is 0 Å². The molecule has 7 nitrogen and oxygen atoms in total. The lowest BCUT2D eigenvalue weighted by molar-refractivity contribution is -0.114. The van der Waals surface area contributed by atoms with Gasteiger partial charge in [0.15, 0.2) is 0 Å². The van der Waals surface area contributed by atoms with Crippen LogP contribution in [-0.2, 0) is 9.59 Å². The van der Waals surface area contributed by atoms with Gasteiger partial charge in [-0.2, -0.15) is 0 Å². The van der Waals surface area contributed by atoms with Gasteiger partial charge in [0.1, 0.15) is 5.70 Å². The number of carbonyl (C=O) groups is 3. The number of thioether (sulfide) groups is 1. The second-order valence-corrected chi connectivity index (χ2v) is 9.48. The zero-order valence-electron chi connectivity index (χ0n) is 19.0. The van der Waals surface area contributed by atoms with Gasteiger partial charge in [-0.25, -0.2) is 0 Å². The van der Waals surface area contributed by atoms with E-state index in [2.05, 4.69) is 20.9 Å². The van der Waals surface area contributed by atoms with E-state index in [1.807, 2.05) is 29.6 Å². The highest BCUT2D eigenvalue weighted by atomic mass is 32.2. The number of benzene rings is 2. The van der Waals surface area contributed by atoms with E-state index >= 15 is 0 Å². The van der Waals surface area contributed by atoms with Gasteiger partial charge < -0.3 is 16.0 Å². The molecule has 0 aliphatic carbocycles. The predicted octanol–water partition coefficient (Wildman–Crippen LogP) is 5.28. The summed E-state index contributed by atoms with van der Waals surface area (Å²) in [6.45, 7) is 0. The van der Waals surface area contributed by atoms with Gasteiger partial charge in [0.25, 0.3) is 11.8 Å². The summed E-state index contributed by atoms with van der Waals surface area (Å²) in [7, 11) is 0. The molecule has 2 aromatic carbocycles. The van der Waals surface area contributed by atoms with Gasteiger partial charge in [-0.3, -0.25) is 19.4 Å². The van der Waals surface area contributed by atoms with Gasteiger partial charge in [0.2, 0.25) is 5.91 Å². The van der Waals surface area contributed by atoms with Crippen LogP contribution < -0.4 is 16.0 Å². The molecule has 3 N–H and O–H groups in total. The third kappa shape index (κ3) is 7.39. The van der Waals surface area contributed by atoms with Gasteiger partial charge in [-0.15, -0.1) is 23.1 Å². The van der Waals surface area contributed by atoms with Crippen molar-refractivity contribution in [2.45, 2.75) is 4.90 Å². The molecule has 0 atom stereocenters. The molecule has 0 unspecified atom stereocenters. The zero-order valence-corrected chi connectivity index (χ0v) is 20.6. The minimum absolute atomic E-state index is 0.126. The summed E-state index contributed by atoms with van der Waals surface area (Å²) in [6.07, 6.45) is 4.86. The van der Waals surface area contributed by atoms with Gasteiger partial charge in [0, 0.05) is 39.1 Å². The molecule has 0 saturated carbocycles. The van der Waals surface area contributed by atoms with Crippen molar-refractivity contribution >= 4 is 58.3 Å². The molecule has 0 fully saturated rings. The number of hydrogen-bond donors (Lipinski definition) is 3. The summed E-state index contributed by atoms with van der Waals surface area (Å²) < 4.78 is 0. The summed E-state index contributed by atoms with van der Waals surface area (Å²) >= 11 is 2.81. The van der Waals surface area contributed by atoms with E-state index in [0.29, 0.717) is 16.9 Å². The monoisotopic (exact) mass is 514 g/mol. The predicted molar refractivity (Wildman–Crippen MR) is 145 cm³/mol. The smallest absolute Gasteiger partial charge is 0.272 e. The lowest BCUT2D eigenvalue weighted by Crippen LogP contribution is -2.30. The molecule has 0 radical (unpaired) electrons. The fourth-order valence-electron chi connectivity index (χ4n) is 3.10. The van der Waals surface area contributed by atoms with Gasteiger partial charge in [0.05, 0.1) is 5.75 Å². The highest BCUT2D eigenvalue weighted by Gasteiger charge is 2.15. The molecular weight excluding hydrogens is 492 g/mol. The van der Waals surface area contributed by atoms with Gasteiger partial charge in [-0.1, -0.05) is 30.3 Å². The molecule has 9 heteroatoms. The van der Waals surface area contributed by atoms with E-state index in [1.54, 1.807) is 73.1 Å². The Labute approximate surface area is 216 Å². The number of carbonyl (C=O) groups excluding carboxylic acids is 3. The lowest BCUT2D eigenvalue weighted by atomic mass is 10.2. The number of nitrogens with one attached hydrogen (secondary N) is 3. The van der Waals surface area contributed by atoms with Crippen LogP contribution in [0.3, 0.4) is 0 Å². The maximum absolute atomic E-state index is 13.1. The minimum atomic E-state index is -0.453. The molecule has 180 valence electrons. The van der Waals surface area contributed by atoms with E-state index in [9.17, 15) is 14.4 Å². The molecule has 4 rings (SSSR count). The summed E-state index contributed by atoms with van der Waals surface area (Å²) in [5.41, 5.74) is 1.80. The molecule has 0 bridgehead atoms. The fraction of sp³-hybridized carbons (Fsp3) is 0.0370. The fourth-order valence-corrected chi connectivity index (χ4v) is 4.51. The van der Waals surface area contributed by atoms with Crippen LogP contribution in [0.4, 0.5) is 11.4 Å². The van der Waals surface area contributed by atoms with E-state index < -0.39 is 5.91 Å². The molecule has 2 heterocycles. The van der Waals surface area contributed by atoms with E-state index in [4.69, 9.17) is 0 Å². The van der Waals surface area contributed by atoms with Crippen molar-refractivity contribution in [3.63, 3.8) is 0 Å². The van der Waals surface area contributed by atoms with Crippen molar-refractivity contribution in [1.29, 1.82) is 0 Å². The molecule has 0 spiro atoms. The standard InChI is InChI=1S/C27H22N4O3S2/c32-25(29-20-11-13-28-14-12-20)18-36-22-9-4-8-21(16-22)30-27(34)24(17-23-10-5-15-35-23)31-26(33)19-6-2-1-3-7-19/h1-17H,18H2,(H,30,34)(H,31,33)(H,28,29,32)/b24-17-. The second-order valence-electron chi connectivity index (χ2n) is 7.45. The number of thiophene rings is 1. The number of rotatable bonds is 9. The summed E-state index contributed by atoms with van der Waals surface area (Å²) in [5.74, 6) is -0.773. The quantitative estimate of drug-likeness (QED) is 0.208. The van der Waals surface area contributed by atoms with Crippen molar-refractivity contribution in [1.82, 2.24) is 10.3 Å². The van der Waals surface area contributed by atoms with Gasteiger partial charge in [-0.05, 0) is 60.0 Å². The highest BCUT2D eigenvalue weighted by Crippen LogP contribution is 2.23. The lowest BCUT2D eigenvalue weighted by Gasteiger charge is -2.12. The van der Waals surface area contributed by atoms with Crippen molar-refractivity contribution in [2.24, 2.45) is 0 Å². The van der Waals surface area contributed by atoms with Crippen LogP contribution in [0.25, 0.3) is 6.08 Å². The molecule has 0 aliphatic rings. The third-order valence-corrected chi connectivity index (χ3v) is 6.60. The molecule has 0 saturated heterocycles. The Kier molecular flexibility index (Phi) is 8.63. The largest absolute Gasteiger partial charge is 0.325 e. The summed E-state index contributed by atoms with van der Waals surface area (Å²) in [5, 5.41) is 10.3. The average molecular weight is 515 g/mol. The normalized spacial score (nSPS) is 10.9. The maximum atomic E-state index is 13.1. The molecule has 2 aromatic heterocycles. The van der Waals surface area contributed by atoms with Crippen molar-refractivity contribution in [3.05, 3.63) is 113 Å². The molecule has 36 heavy (non-hydrogen) atoms. The first kappa shape index (κ1) is 24.9. The Morgan fingerprint density at radius 1 is 0.861 bits per heavy atom. The molecule has 3 amide bonds. The minimum Gasteiger partial charge on any atom is -0.325 e. The number of nitrogens with zero attached hydrogens (tertiary/aromatic N) is 1. The number of aromatic nitrogens is 1. The first-order valence-corrected chi connectivity index (χ1v) is 12.8. The number of pyridine rings is 1. The Morgan fingerprint density at radius 2 is 1.67 bits per heavy atom. The van der Waals surface area contributed by atoms with Crippen LogP contribution in [0.2, 0.25) is 0 Å². The SMILES string of the molecule is O=C(CSc1cccc(NC(=O)/C(=C/c2cccs2)NC(=O)c2ccccc2)c1)Nc1ccncc1. The second kappa shape index (κ2) is 12.5. The zero-order chi connectivity index (χ0) is 25.2. The van der Waals surface area contributed by atoms with Crippen LogP contribution in [0.15, 0.2) is 107 Å². The number of hydrogen-bond acceptors (Lipinski definition) is 6.